The molecule has 1 N–H and O–H groups in total. The zero-order chi connectivity index (χ0) is 19.5. The van der Waals surface area contributed by atoms with Gasteiger partial charge in [0.2, 0.25) is 5.91 Å². The third-order valence-electron chi connectivity index (χ3n) is 3.74. The summed E-state index contributed by atoms with van der Waals surface area (Å²) in [5.41, 5.74) is 1.06. The average Bonchev–Trinajstić information content (AvgIpc) is 2.53. The first-order valence-corrected chi connectivity index (χ1v) is 8.31. The molecule has 0 heterocycles. The van der Waals surface area contributed by atoms with E-state index in [0.29, 0.717) is 0 Å². The molecule has 0 radical (unpaired) electrons. The van der Waals surface area contributed by atoms with E-state index < -0.39 is 22.7 Å². The molecule has 2 rings (SSSR count). The van der Waals surface area contributed by atoms with Crippen LogP contribution < -0.4 is 5.32 Å². The van der Waals surface area contributed by atoms with Gasteiger partial charge < -0.3 is 5.32 Å². The summed E-state index contributed by atoms with van der Waals surface area (Å²) in [6, 6.07) is 11.0. The van der Waals surface area contributed by atoms with Crippen LogP contribution in [0.5, 0.6) is 0 Å². The van der Waals surface area contributed by atoms with Crippen molar-refractivity contribution in [2.24, 2.45) is 0 Å². The van der Waals surface area contributed by atoms with Gasteiger partial charge in [-0.15, -0.1) is 0 Å². The lowest BCUT2D eigenvalue weighted by molar-refractivity contribution is -0.137. The maximum absolute atomic E-state index is 12.8. The van der Waals surface area contributed by atoms with Gasteiger partial charge in [0, 0.05) is 11.8 Å². The van der Waals surface area contributed by atoms with Crippen molar-refractivity contribution in [3.63, 3.8) is 0 Å². The van der Waals surface area contributed by atoms with E-state index in [0.717, 1.165) is 17.7 Å². The second kappa shape index (κ2) is 7.54. The molecule has 0 aliphatic carbocycles. The number of nitrogens with one attached hydrogen (secondary N) is 1. The van der Waals surface area contributed by atoms with E-state index in [1.165, 1.54) is 17.7 Å². The van der Waals surface area contributed by atoms with Crippen LogP contribution in [-0.2, 0) is 16.4 Å². The smallest absolute Gasteiger partial charge is 0.322 e. The number of rotatable bonds is 3. The minimum absolute atomic E-state index is 0.0273. The molecule has 6 heteroatoms. The SMILES string of the molecule is CC(C)(C)c1ccc(/C=C/C(=O)Nc2ccc(Cl)c(C(F)(F)F)c2)cc1. The Balaban J connectivity index is 2.08. The Kier molecular flexibility index (Phi) is 5.81. The first kappa shape index (κ1) is 20.0. The van der Waals surface area contributed by atoms with Gasteiger partial charge in [-0.1, -0.05) is 56.6 Å². The lowest BCUT2D eigenvalue weighted by atomic mass is 9.87. The highest BCUT2D eigenvalue weighted by molar-refractivity contribution is 6.31. The van der Waals surface area contributed by atoms with Gasteiger partial charge in [-0.05, 0) is 40.8 Å². The molecular formula is C20H19ClF3NO. The van der Waals surface area contributed by atoms with Crippen molar-refractivity contribution in [2.45, 2.75) is 32.4 Å². The third kappa shape index (κ3) is 5.36. The van der Waals surface area contributed by atoms with Crippen molar-refractivity contribution in [1.29, 1.82) is 0 Å². The molecule has 0 unspecified atom stereocenters. The van der Waals surface area contributed by atoms with Crippen LogP contribution in [0.15, 0.2) is 48.5 Å². The van der Waals surface area contributed by atoms with Crippen LogP contribution >= 0.6 is 11.6 Å². The molecule has 0 aromatic heterocycles. The average molecular weight is 382 g/mol. The highest BCUT2D eigenvalue weighted by atomic mass is 35.5. The Morgan fingerprint density at radius 2 is 1.65 bits per heavy atom. The molecule has 0 aliphatic heterocycles. The highest BCUT2D eigenvalue weighted by Crippen LogP contribution is 2.36. The predicted molar refractivity (Wildman–Crippen MR) is 99.3 cm³/mol. The Labute approximate surface area is 155 Å². The molecule has 0 saturated carbocycles. The second-order valence-electron chi connectivity index (χ2n) is 6.89. The monoisotopic (exact) mass is 381 g/mol. The molecule has 0 bridgehead atoms. The molecule has 0 spiro atoms. The van der Waals surface area contributed by atoms with Crippen molar-refractivity contribution in [3.8, 4) is 0 Å². The molecule has 2 aromatic rings. The summed E-state index contributed by atoms with van der Waals surface area (Å²) in [6.07, 6.45) is -1.71. The number of alkyl halides is 3. The molecule has 0 atom stereocenters. The Morgan fingerprint density at radius 1 is 1.04 bits per heavy atom. The minimum atomic E-state index is -4.58. The molecule has 138 valence electrons. The molecule has 2 nitrogen and oxygen atoms in total. The van der Waals surface area contributed by atoms with Crippen molar-refractivity contribution < 1.29 is 18.0 Å². The van der Waals surface area contributed by atoms with Gasteiger partial charge in [0.25, 0.3) is 0 Å². The van der Waals surface area contributed by atoms with Crippen LogP contribution in [0.3, 0.4) is 0 Å². The van der Waals surface area contributed by atoms with Gasteiger partial charge in [0.1, 0.15) is 0 Å². The van der Waals surface area contributed by atoms with Crippen LogP contribution in [0.1, 0.15) is 37.5 Å². The largest absolute Gasteiger partial charge is 0.417 e. The topological polar surface area (TPSA) is 29.1 Å². The van der Waals surface area contributed by atoms with Crippen molar-refractivity contribution in [3.05, 3.63) is 70.3 Å². The summed E-state index contributed by atoms with van der Waals surface area (Å²) in [4.78, 5) is 11.9. The maximum Gasteiger partial charge on any atom is 0.417 e. The molecule has 1 amide bonds. The third-order valence-corrected chi connectivity index (χ3v) is 4.07. The summed E-state index contributed by atoms with van der Waals surface area (Å²) in [6.45, 7) is 6.31. The highest BCUT2D eigenvalue weighted by Gasteiger charge is 2.33. The van der Waals surface area contributed by atoms with Crippen LogP contribution in [0.25, 0.3) is 6.08 Å². The Morgan fingerprint density at radius 3 is 2.19 bits per heavy atom. The number of benzene rings is 2. The first-order valence-electron chi connectivity index (χ1n) is 7.93. The standard InChI is InChI=1S/C20H19ClF3NO/c1-19(2,3)14-7-4-13(5-8-14)6-11-18(26)25-15-9-10-17(21)16(12-15)20(22,23)24/h4-12H,1-3H3,(H,25,26)/b11-6+. The lowest BCUT2D eigenvalue weighted by Gasteiger charge is -2.18. The predicted octanol–water partition coefficient (Wildman–Crippen LogP) is 6.31. The van der Waals surface area contributed by atoms with Gasteiger partial charge in [-0.25, -0.2) is 0 Å². The number of amides is 1. The van der Waals surface area contributed by atoms with Crippen LogP contribution in [-0.4, -0.2) is 5.91 Å². The van der Waals surface area contributed by atoms with Gasteiger partial charge in [-0.3, -0.25) is 4.79 Å². The van der Waals surface area contributed by atoms with E-state index in [1.54, 1.807) is 6.08 Å². The van der Waals surface area contributed by atoms with E-state index >= 15 is 0 Å². The maximum atomic E-state index is 12.8. The van der Waals surface area contributed by atoms with Crippen LogP contribution in [0.4, 0.5) is 18.9 Å². The zero-order valence-electron chi connectivity index (χ0n) is 14.6. The fraction of sp³-hybridized carbons (Fsp3) is 0.250. The summed E-state index contributed by atoms with van der Waals surface area (Å²) in [5, 5.41) is 1.99. The minimum Gasteiger partial charge on any atom is -0.322 e. The zero-order valence-corrected chi connectivity index (χ0v) is 15.4. The first-order chi connectivity index (χ1) is 12.0. The van der Waals surface area contributed by atoms with Crippen LogP contribution in [0.2, 0.25) is 5.02 Å². The number of hydrogen-bond acceptors (Lipinski definition) is 1. The second-order valence-corrected chi connectivity index (χ2v) is 7.29. The molecular weight excluding hydrogens is 363 g/mol. The lowest BCUT2D eigenvalue weighted by Crippen LogP contribution is -2.11. The van der Waals surface area contributed by atoms with E-state index in [2.05, 4.69) is 26.1 Å². The van der Waals surface area contributed by atoms with Crippen molar-refractivity contribution >= 4 is 29.3 Å². The molecule has 0 saturated heterocycles. The summed E-state index contributed by atoms with van der Waals surface area (Å²) >= 11 is 5.56. The van der Waals surface area contributed by atoms with E-state index in [-0.39, 0.29) is 11.1 Å². The summed E-state index contributed by atoms with van der Waals surface area (Å²) < 4.78 is 38.5. The van der Waals surface area contributed by atoms with Crippen molar-refractivity contribution in [1.82, 2.24) is 0 Å². The fourth-order valence-corrected chi connectivity index (χ4v) is 2.50. The van der Waals surface area contributed by atoms with E-state index in [9.17, 15) is 18.0 Å². The Hall–Kier alpha value is -2.27. The molecule has 26 heavy (non-hydrogen) atoms. The molecule has 0 aliphatic rings. The van der Waals surface area contributed by atoms with Gasteiger partial charge in [0.15, 0.2) is 0 Å². The molecule has 0 fully saturated rings. The molecule has 2 aromatic carbocycles. The number of carbonyl (C=O) groups is 1. The number of carbonyl (C=O) groups excluding carboxylic acids is 1. The fourth-order valence-electron chi connectivity index (χ4n) is 2.27. The normalized spacial score (nSPS) is 12.4. The number of anilines is 1. The van der Waals surface area contributed by atoms with Crippen LogP contribution in [0, 0.1) is 0 Å². The summed E-state index contributed by atoms with van der Waals surface area (Å²) in [5.74, 6) is -0.527. The quantitative estimate of drug-likeness (QED) is 0.620. The van der Waals surface area contributed by atoms with Gasteiger partial charge in [-0.2, -0.15) is 13.2 Å². The van der Waals surface area contributed by atoms with Gasteiger partial charge in [0.05, 0.1) is 10.6 Å². The Bertz CT molecular complexity index is 818. The van der Waals surface area contributed by atoms with E-state index in [1.807, 2.05) is 24.3 Å². The summed E-state index contributed by atoms with van der Waals surface area (Å²) in [7, 11) is 0. The number of hydrogen-bond donors (Lipinski definition) is 1. The van der Waals surface area contributed by atoms with E-state index in [4.69, 9.17) is 11.6 Å². The van der Waals surface area contributed by atoms with Crippen molar-refractivity contribution in [2.75, 3.05) is 5.32 Å². The van der Waals surface area contributed by atoms with Gasteiger partial charge >= 0.3 is 6.18 Å². The number of halogens is 4.